The quantitative estimate of drug-likeness (QED) is 0.693. The van der Waals surface area contributed by atoms with Gasteiger partial charge in [0, 0.05) is 11.9 Å². The molecule has 0 radical (unpaired) electrons. The molecule has 164 valence electrons. The van der Waals surface area contributed by atoms with Crippen LogP contribution >= 0.6 is 0 Å². The molecular formula is C23H26N2O5S. The molecule has 31 heavy (non-hydrogen) atoms. The van der Waals surface area contributed by atoms with E-state index < -0.39 is 33.6 Å². The molecule has 2 aromatic carbocycles. The highest BCUT2D eigenvalue weighted by molar-refractivity contribution is 7.90. The molecule has 0 unspecified atom stereocenters. The summed E-state index contributed by atoms with van der Waals surface area (Å²) in [6.45, 7) is 6.22. The smallest absolute Gasteiger partial charge is 0.262 e. The second-order valence-corrected chi connectivity index (χ2v) is 11.0. The second kappa shape index (κ2) is 8.26. The third-order valence-electron chi connectivity index (χ3n) is 5.22. The first-order valence-electron chi connectivity index (χ1n) is 9.94. The van der Waals surface area contributed by atoms with Crippen LogP contribution in [0.15, 0.2) is 48.5 Å². The Morgan fingerprint density at radius 2 is 1.48 bits per heavy atom. The van der Waals surface area contributed by atoms with Gasteiger partial charge in [0.15, 0.2) is 0 Å². The summed E-state index contributed by atoms with van der Waals surface area (Å²) in [5, 5.41) is 2.72. The van der Waals surface area contributed by atoms with Crippen molar-refractivity contribution in [2.24, 2.45) is 0 Å². The molecule has 1 N–H and O–H groups in total. The van der Waals surface area contributed by atoms with Gasteiger partial charge in [-0.2, -0.15) is 0 Å². The van der Waals surface area contributed by atoms with Crippen molar-refractivity contribution < 1.29 is 22.8 Å². The molecule has 8 heteroatoms. The molecule has 1 aliphatic rings. The van der Waals surface area contributed by atoms with Crippen molar-refractivity contribution in [3.05, 3.63) is 65.2 Å². The number of fused-ring (bicyclic) bond motifs is 1. The SMILES string of the molecule is CC(C)(C)c1ccc(NC(=O)[C@H](CCS(C)(=O)=O)N2C(=O)c3ccccc3C2=O)cc1. The summed E-state index contributed by atoms with van der Waals surface area (Å²) in [6, 6.07) is 12.3. The fourth-order valence-electron chi connectivity index (χ4n) is 3.47. The van der Waals surface area contributed by atoms with Gasteiger partial charge in [-0.1, -0.05) is 45.0 Å². The maximum absolute atomic E-state index is 13.1. The van der Waals surface area contributed by atoms with Gasteiger partial charge in [0.2, 0.25) is 5.91 Å². The van der Waals surface area contributed by atoms with Gasteiger partial charge in [0.25, 0.3) is 11.8 Å². The molecule has 0 bridgehead atoms. The van der Waals surface area contributed by atoms with E-state index in [9.17, 15) is 22.8 Å². The summed E-state index contributed by atoms with van der Waals surface area (Å²) < 4.78 is 23.4. The lowest BCUT2D eigenvalue weighted by molar-refractivity contribution is -0.120. The Morgan fingerprint density at radius 3 is 1.94 bits per heavy atom. The van der Waals surface area contributed by atoms with Crippen molar-refractivity contribution in [1.82, 2.24) is 4.90 Å². The number of hydrogen-bond donors (Lipinski definition) is 1. The summed E-state index contributed by atoms with van der Waals surface area (Å²) in [4.78, 5) is 39.7. The van der Waals surface area contributed by atoms with E-state index in [0.717, 1.165) is 16.7 Å². The number of amides is 3. The molecule has 7 nitrogen and oxygen atoms in total. The first kappa shape index (κ1) is 22.7. The van der Waals surface area contributed by atoms with Crippen molar-refractivity contribution in [3.63, 3.8) is 0 Å². The maximum atomic E-state index is 13.1. The highest BCUT2D eigenvalue weighted by Gasteiger charge is 2.42. The van der Waals surface area contributed by atoms with E-state index in [-0.39, 0.29) is 28.7 Å². The van der Waals surface area contributed by atoms with Crippen LogP contribution < -0.4 is 5.32 Å². The van der Waals surface area contributed by atoms with Gasteiger partial charge in [0.05, 0.1) is 16.9 Å². The average Bonchev–Trinajstić information content (AvgIpc) is 2.92. The van der Waals surface area contributed by atoms with Gasteiger partial charge >= 0.3 is 0 Å². The number of nitrogens with zero attached hydrogens (tertiary/aromatic N) is 1. The molecule has 0 saturated heterocycles. The highest BCUT2D eigenvalue weighted by Crippen LogP contribution is 2.27. The molecule has 0 aliphatic carbocycles. The molecule has 0 fully saturated rings. The Balaban J connectivity index is 1.88. The predicted octanol–water partition coefficient (Wildman–Crippen LogP) is 3.02. The minimum atomic E-state index is -3.41. The van der Waals surface area contributed by atoms with Crippen molar-refractivity contribution in [3.8, 4) is 0 Å². The first-order valence-corrected chi connectivity index (χ1v) is 12.0. The van der Waals surface area contributed by atoms with Crippen LogP contribution in [0.4, 0.5) is 5.69 Å². The fourth-order valence-corrected chi connectivity index (χ4v) is 4.12. The van der Waals surface area contributed by atoms with E-state index in [1.807, 2.05) is 12.1 Å². The molecule has 2 aromatic rings. The minimum Gasteiger partial charge on any atom is -0.324 e. The summed E-state index contributed by atoms with van der Waals surface area (Å²) in [6.07, 6.45) is 0.867. The summed E-state index contributed by atoms with van der Waals surface area (Å²) in [5.41, 5.74) is 1.94. The van der Waals surface area contributed by atoms with E-state index in [1.54, 1.807) is 24.3 Å². The summed E-state index contributed by atoms with van der Waals surface area (Å²) in [7, 11) is -3.41. The number of hydrogen-bond acceptors (Lipinski definition) is 5. The number of sulfone groups is 1. The van der Waals surface area contributed by atoms with Crippen molar-refractivity contribution in [1.29, 1.82) is 0 Å². The van der Waals surface area contributed by atoms with E-state index >= 15 is 0 Å². The second-order valence-electron chi connectivity index (χ2n) is 8.78. The first-order chi connectivity index (χ1) is 14.4. The van der Waals surface area contributed by atoms with Crippen LogP contribution in [-0.4, -0.2) is 49.1 Å². The number of carbonyl (C=O) groups is 3. The van der Waals surface area contributed by atoms with E-state index in [2.05, 4.69) is 26.1 Å². The Morgan fingerprint density at radius 1 is 0.968 bits per heavy atom. The van der Waals surface area contributed by atoms with Gasteiger partial charge in [0.1, 0.15) is 15.9 Å². The number of anilines is 1. The van der Waals surface area contributed by atoms with Gasteiger partial charge in [-0.3, -0.25) is 19.3 Å². The minimum absolute atomic E-state index is 0.0548. The molecule has 1 atom stereocenters. The summed E-state index contributed by atoms with van der Waals surface area (Å²) >= 11 is 0. The normalized spacial score (nSPS) is 15.0. The third-order valence-corrected chi connectivity index (χ3v) is 6.20. The molecule has 0 saturated carbocycles. The monoisotopic (exact) mass is 442 g/mol. The Hall–Kier alpha value is -3.00. The van der Waals surface area contributed by atoms with Gasteiger partial charge in [-0.25, -0.2) is 8.42 Å². The molecule has 0 aromatic heterocycles. The zero-order valence-corrected chi connectivity index (χ0v) is 18.8. The number of carbonyl (C=O) groups excluding carboxylic acids is 3. The average molecular weight is 443 g/mol. The molecule has 3 rings (SSSR count). The van der Waals surface area contributed by atoms with Gasteiger partial charge in [-0.15, -0.1) is 0 Å². The lowest BCUT2D eigenvalue weighted by atomic mass is 9.87. The van der Waals surface area contributed by atoms with Gasteiger partial charge in [-0.05, 0) is 41.7 Å². The molecule has 1 aliphatic heterocycles. The van der Waals surface area contributed by atoms with Crippen LogP contribution in [0.1, 0.15) is 53.5 Å². The topological polar surface area (TPSA) is 101 Å². The van der Waals surface area contributed by atoms with Crippen LogP contribution in [0.25, 0.3) is 0 Å². The fraction of sp³-hybridized carbons (Fsp3) is 0.348. The lowest BCUT2D eigenvalue weighted by Gasteiger charge is -2.25. The highest BCUT2D eigenvalue weighted by atomic mass is 32.2. The molecule has 1 heterocycles. The third kappa shape index (κ3) is 5.02. The zero-order chi connectivity index (χ0) is 23.0. The van der Waals surface area contributed by atoms with Crippen molar-refractivity contribution >= 4 is 33.2 Å². The van der Waals surface area contributed by atoms with Crippen molar-refractivity contribution in [2.45, 2.75) is 38.6 Å². The molecule has 3 amide bonds. The number of nitrogens with one attached hydrogen (secondary N) is 1. The van der Waals surface area contributed by atoms with E-state index in [1.165, 1.54) is 12.1 Å². The van der Waals surface area contributed by atoms with E-state index in [0.29, 0.717) is 5.69 Å². The van der Waals surface area contributed by atoms with Gasteiger partial charge < -0.3 is 5.32 Å². The van der Waals surface area contributed by atoms with E-state index in [4.69, 9.17) is 0 Å². The maximum Gasteiger partial charge on any atom is 0.262 e. The number of rotatable bonds is 6. The Labute approximate surface area is 182 Å². The Kier molecular flexibility index (Phi) is 6.04. The largest absolute Gasteiger partial charge is 0.324 e. The van der Waals surface area contributed by atoms with Crippen LogP contribution in [0.5, 0.6) is 0 Å². The predicted molar refractivity (Wildman–Crippen MR) is 119 cm³/mol. The molecular weight excluding hydrogens is 416 g/mol. The van der Waals surface area contributed by atoms with Crippen molar-refractivity contribution in [2.75, 3.05) is 17.3 Å². The van der Waals surface area contributed by atoms with Crippen LogP contribution in [0.2, 0.25) is 0 Å². The standard InChI is InChI=1S/C23H26N2O5S/c1-23(2,3)15-9-11-16(12-10-15)24-20(26)19(13-14-31(4,29)30)25-21(27)17-7-5-6-8-18(17)22(25)28/h5-12,19H,13-14H2,1-4H3,(H,24,26)/t19-/m0/s1. The zero-order valence-electron chi connectivity index (χ0n) is 18.0. The van der Waals surface area contributed by atoms with Crippen LogP contribution in [0.3, 0.4) is 0 Å². The van der Waals surface area contributed by atoms with Crippen LogP contribution in [-0.2, 0) is 20.0 Å². The lowest BCUT2D eigenvalue weighted by Crippen LogP contribution is -2.48. The molecule has 0 spiro atoms. The number of benzene rings is 2. The Bertz CT molecular complexity index is 1100. The summed E-state index contributed by atoms with van der Waals surface area (Å²) in [5.74, 6) is -2.14. The van der Waals surface area contributed by atoms with Crippen LogP contribution in [0, 0.1) is 0 Å². The number of imide groups is 1.